The van der Waals surface area contributed by atoms with Gasteiger partial charge in [0, 0.05) is 0 Å². The maximum absolute atomic E-state index is 8.83. The zero-order chi connectivity index (χ0) is 24.1. The fraction of sp³-hybridized carbons (Fsp3) is 1.00. The van der Waals surface area contributed by atoms with Gasteiger partial charge in [0.15, 0.2) is 0 Å². The van der Waals surface area contributed by atoms with Crippen molar-refractivity contribution in [3.8, 4) is 0 Å². The predicted molar refractivity (Wildman–Crippen MR) is 129 cm³/mol. The molecular weight excluding hydrogens is 396 g/mol. The SMILES string of the molecule is CCCC(CC)OC(C)COC(C)CO.CCCC(CCC)OC(C)COC(C)CO. The number of aliphatic hydroxyl groups is 2. The van der Waals surface area contributed by atoms with Gasteiger partial charge in [-0.3, -0.25) is 0 Å². The van der Waals surface area contributed by atoms with Crippen molar-refractivity contribution < 1.29 is 29.2 Å². The smallest absolute Gasteiger partial charge is 0.0784 e. The average molecular weight is 451 g/mol. The van der Waals surface area contributed by atoms with Crippen LogP contribution in [-0.4, -0.2) is 73.3 Å². The normalized spacial score (nSPS) is 16.4. The number of hydrogen-bond donors (Lipinski definition) is 2. The molecule has 0 aliphatic carbocycles. The van der Waals surface area contributed by atoms with Gasteiger partial charge in [-0.15, -0.1) is 0 Å². The molecule has 0 radical (unpaired) electrons. The van der Waals surface area contributed by atoms with Gasteiger partial charge in [-0.25, -0.2) is 0 Å². The quantitative estimate of drug-likeness (QED) is 0.284. The van der Waals surface area contributed by atoms with Crippen LogP contribution in [0.15, 0.2) is 0 Å². The van der Waals surface area contributed by atoms with Gasteiger partial charge in [0.25, 0.3) is 0 Å². The van der Waals surface area contributed by atoms with Crippen LogP contribution < -0.4 is 0 Å². The second-order valence-electron chi connectivity index (χ2n) is 8.56. The van der Waals surface area contributed by atoms with Crippen molar-refractivity contribution in [3.05, 3.63) is 0 Å². The highest BCUT2D eigenvalue weighted by molar-refractivity contribution is 4.61. The monoisotopic (exact) mass is 450 g/mol. The van der Waals surface area contributed by atoms with Gasteiger partial charge in [-0.1, -0.05) is 47.0 Å². The highest BCUT2D eigenvalue weighted by Gasteiger charge is 2.13. The molecule has 0 bridgehead atoms. The summed E-state index contributed by atoms with van der Waals surface area (Å²) in [6.45, 7) is 17.7. The number of ether oxygens (including phenoxy) is 4. The molecule has 2 N–H and O–H groups in total. The lowest BCUT2D eigenvalue weighted by Crippen LogP contribution is -2.26. The van der Waals surface area contributed by atoms with Crippen molar-refractivity contribution in [2.24, 2.45) is 0 Å². The summed E-state index contributed by atoms with van der Waals surface area (Å²) in [5, 5.41) is 17.6. The third-order valence-electron chi connectivity index (χ3n) is 4.88. The zero-order valence-electron chi connectivity index (χ0n) is 21.8. The Morgan fingerprint density at radius 2 is 0.903 bits per heavy atom. The second kappa shape index (κ2) is 22.9. The minimum atomic E-state index is -0.0955. The van der Waals surface area contributed by atoms with Crippen LogP contribution in [0.2, 0.25) is 0 Å². The summed E-state index contributed by atoms with van der Waals surface area (Å²) in [5.74, 6) is 0. The molecule has 0 aromatic heterocycles. The van der Waals surface area contributed by atoms with Gasteiger partial charge in [0.2, 0.25) is 0 Å². The number of hydrogen-bond acceptors (Lipinski definition) is 6. The van der Waals surface area contributed by atoms with Gasteiger partial charge in [0.05, 0.1) is 63.1 Å². The molecule has 0 saturated heterocycles. The molecule has 0 aromatic rings. The molecule has 0 aromatic carbocycles. The summed E-state index contributed by atoms with van der Waals surface area (Å²) < 4.78 is 22.6. The zero-order valence-corrected chi connectivity index (χ0v) is 21.8. The molecule has 0 heterocycles. The first-order valence-electron chi connectivity index (χ1n) is 12.5. The topological polar surface area (TPSA) is 77.4 Å². The van der Waals surface area contributed by atoms with Crippen LogP contribution in [0, 0.1) is 0 Å². The van der Waals surface area contributed by atoms with Crippen LogP contribution in [-0.2, 0) is 18.9 Å². The van der Waals surface area contributed by atoms with Crippen LogP contribution in [0.4, 0.5) is 0 Å². The maximum Gasteiger partial charge on any atom is 0.0784 e. The first-order chi connectivity index (χ1) is 14.8. The van der Waals surface area contributed by atoms with Crippen molar-refractivity contribution in [2.75, 3.05) is 26.4 Å². The van der Waals surface area contributed by atoms with E-state index in [9.17, 15) is 0 Å². The third kappa shape index (κ3) is 21.4. The van der Waals surface area contributed by atoms with E-state index in [1.165, 1.54) is 0 Å². The van der Waals surface area contributed by atoms with Gasteiger partial charge < -0.3 is 29.2 Å². The molecule has 5 unspecified atom stereocenters. The standard InChI is InChI=1S/C13H28O3.C12H26O3/c1-5-7-13(8-6-2)16-12(4)10-15-11(3)9-14;1-5-7-12(6-2)15-11(4)9-14-10(3)8-13/h11-14H,5-10H2,1-4H3;10-13H,5-9H2,1-4H3. The van der Waals surface area contributed by atoms with E-state index in [4.69, 9.17) is 29.2 Å². The van der Waals surface area contributed by atoms with Crippen molar-refractivity contribution in [2.45, 2.75) is 137 Å². The first kappa shape index (κ1) is 32.9. The van der Waals surface area contributed by atoms with Crippen LogP contribution in [0.3, 0.4) is 0 Å². The van der Waals surface area contributed by atoms with E-state index in [0.717, 1.165) is 44.9 Å². The van der Waals surface area contributed by atoms with E-state index in [2.05, 4.69) is 27.7 Å². The van der Waals surface area contributed by atoms with Crippen molar-refractivity contribution in [1.29, 1.82) is 0 Å². The van der Waals surface area contributed by atoms with Gasteiger partial charge in [-0.2, -0.15) is 0 Å². The highest BCUT2D eigenvalue weighted by Crippen LogP contribution is 2.12. The number of aliphatic hydroxyl groups excluding tert-OH is 2. The Balaban J connectivity index is 0. The summed E-state index contributed by atoms with van der Waals surface area (Å²) >= 11 is 0. The third-order valence-corrected chi connectivity index (χ3v) is 4.88. The van der Waals surface area contributed by atoms with E-state index < -0.39 is 0 Å². The van der Waals surface area contributed by atoms with E-state index in [-0.39, 0.29) is 37.6 Å². The summed E-state index contributed by atoms with van der Waals surface area (Å²) in [6, 6.07) is 0. The van der Waals surface area contributed by atoms with E-state index >= 15 is 0 Å². The van der Waals surface area contributed by atoms with Crippen LogP contribution >= 0.6 is 0 Å². The minimum absolute atomic E-state index is 0.0683. The van der Waals surface area contributed by atoms with Crippen molar-refractivity contribution >= 4 is 0 Å². The van der Waals surface area contributed by atoms with Crippen LogP contribution in [0.25, 0.3) is 0 Å². The minimum Gasteiger partial charge on any atom is -0.394 e. The van der Waals surface area contributed by atoms with Crippen LogP contribution in [0.1, 0.15) is 100 Å². The van der Waals surface area contributed by atoms with E-state index in [1.54, 1.807) is 0 Å². The second-order valence-corrected chi connectivity index (χ2v) is 8.56. The molecule has 31 heavy (non-hydrogen) atoms. The molecule has 0 aliphatic rings. The summed E-state index contributed by atoms with van der Waals surface area (Å²) in [7, 11) is 0. The fourth-order valence-corrected chi connectivity index (χ4v) is 3.06. The van der Waals surface area contributed by atoms with Crippen LogP contribution in [0.5, 0.6) is 0 Å². The highest BCUT2D eigenvalue weighted by atomic mass is 16.6. The number of rotatable bonds is 19. The molecule has 0 aliphatic heterocycles. The lowest BCUT2D eigenvalue weighted by molar-refractivity contribution is -0.0762. The molecule has 0 amide bonds. The molecule has 5 atom stereocenters. The van der Waals surface area contributed by atoms with Gasteiger partial charge in [-0.05, 0) is 53.4 Å². The molecular formula is C25H54O6. The van der Waals surface area contributed by atoms with E-state index in [0.29, 0.717) is 25.4 Å². The molecule has 6 heteroatoms. The Morgan fingerprint density at radius 1 is 0.548 bits per heavy atom. The van der Waals surface area contributed by atoms with Gasteiger partial charge in [0.1, 0.15) is 0 Å². The molecule has 0 saturated carbocycles. The molecule has 0 spiro atoms. The maximum atomic E-state index is 8.83. The molecule has 190 valence electrons. The molecule has 0 rings (SSSR count). The van der Waals surface area contributed by atoms with Crippen molar-refractivity contribution in [3.63, 3.8) is 0 Å². The Hall–Kier alpha value is -0.240. The lowest BCUT2D eigenvalue weighted by Gasteiger charge is -2.23. The average Bonchev–Trinajstić information content (AvgIpc) is 2.76. The fourth-order valence-electron chi connectivity index (χ4n) is 3.06. The molecule has 6 nitrogen and oxygen atoms in total. The summed E-state index contributed by atoms with van der Waals surface area (Å²) in [5.41, 5.74) is 0. The summed E-state index contributed by atoms with van der Waals surface area (Å²) in [6.07, 6.45) is 8.59. The largest absolute Gasteiger partial charge is 0.394 e. The Labute approximate surface area is 193 Å². The Kier molecular flexibility index (Phi) is 24.4. The first-order valence-corrected chi connectivity index (χ1v) is 12.5. The van der Waals surface area contributed by atoms with E-state index in [1.807, 2.05) is 27.7 Å². The van der Waals surface area contributed by atoms with Crippen molar-refractivity contribution in [1.82, 2.24) is 0 Å². The molecule has 0 fully saturated rings. The summed E-state index contributed by atoms with van der Waals surface area (Å²) in [4.78, 5) is 0. The Bertz CT molecular complexity index is 349. The predicted octanol–water partition coefficient (Wildman–Crippen LogP) is 5.13. The lowest BCUT2D eigenvalue weighted by atomic mass is 10.1. The Morgan fingerprint density at radius 3 is 1.23 bits per heavy atom. The van der Waals surface area contributed by atoms with Gasteiger partial charge >= 0.3 is 0 Å².